The number of benzene rings is 1. The van der Waals surface area contributed by atoms with Crippen LogP contribution < -0.4 is 10.5 Å². The highest BCUT2D eigenvalue weighted by Crippen LogP contribution is 2.33. The predicted molar refractivity (Wildman–Crippen MR) is 66.6 cm³/mol. The van der Waals surface area contributed by atoms with Gasteiger partial charge in [-0.3, -0.25) is 10.1 Å². The first-order valence-corrected chi connectivity index (χ1v) is 5.21. The number of nitrogens with two attached hydrogens (primary N) is 1. The molecule has 2 N–H and O–H groups in total. The quantitative estimate of drug-likeness (QED) is 0.663. The van der Waals surface area contributed by atoms with Gasteiger partial charge in [0.2, 0.25) is 5.75 Å². The maximum atomic E-state index is 11.0. The Hall–Kier alpha value is -2.63. The Balaban J connectivity index is 2.40. The molecule has 0 amide bonds. The normalized spacial score (nSPS) is 10.1. The minimum Gasteiger partial charge on any atom is -0.450 e. The molecule has 1 heterocycles. The van der Waals surface area contributed by atoms with Gasteiger partial charge in [0.15, 0.2) is 0 Å². The fraction of sp³-hybridized carbons (Fsp3) is 0.0833. The summed E-state index contributed by atoms with van der Waals surface area (Å²) in [6.07, 6.45) is 1.48. The van der Waals surface area contributed by atoms with Gasteiger partial charge in [-0.25, -0.2) is 4.98 Å². The lowest BCUT2D eigenvalue weighted by molar-refractivity contribution is -0.386. The molecule has 0 fully saturated rings. The number of ether oxygens (including phenoxy) is 1. The number of nitrogen functional groups attached to an aromatic ring is 1. The van der Waals surface area contributed by atoms with E-state index in [-0.39, 0.29) is 11.4 Å². The van der Waals surface area contributed by atoms with Gasteiger partial charge in [-0.15, -0.1) is 0 Å². The number of hydrogen-bond donors (Lipinski definition) is 1. The number of aryl methyl sites for hydroxylation is 1. The summed E-state index contributed by atoms with van der Waals surface area (Å²) >= 11 is 0. The number of anilines is 1. The van der Waals surface area contributed by atoms with Crippen LogP contribution in [-0.4, -0.2) is 9.91 Å². The van der Waals surface area contributed by atoms with Crippen LogP contribution in [0.4, 0.5) is 11.5 Å². The molecular weight excluding hydrogens is 234 g/mol. The van der Waals surface area contributed by atoms with Gasteiger partial charge < -0.3 is 10.5 Å². The second-order valence-electron chi connectivity index (χ2n) is 3.70. The number of nitro benzene ring substituents is 1. The second kappa shape index (κ2) is 4.70. The van der Waals surface area contributed by atoms with Gasteiger partial charge in [0.05, 0.1) is 4.92 Å². The largest absolute Gasteiger partial charge is 0.450 e. The third kappa shape index (κ3) is 2.37. The number of aromatic nitrogens is 1. The summed E-state index contributed by atoms with van der Waals surface area (Å²) in [6, 6.07) is 7.99. The average Bonchev–Trinajstić information content (AvgIpc) is 2.28. The third-order valence-corrected chi connectivity index (χ3v) is 2.36. The van der Waals surface area contributed by atoms with E-state index in [0.717, 1.165) is 0 Å². The topological polar surface area (TPSA) is 91.3 Å². The van der Waals surface area contributed by atoms with E-state index in [1.165, 1.54) is 12.3 Å². The van der Waals surface area contributed by atoms with E-state index in [4.69, 9.17) is 10.5 Å². The number of pyridine rings is 1. The molecule has 2 aromatic rings. The smallest absolute Gasteiger partial charge is 0.314 e. The van der Waals surface area contributed by atoms with E-state index in [9.17, 15) is 10.1 Å². The molecule has 1 aromatic heterocycles. The number of rotatable bonds is 3. The molecule has 92 valence electrons. The zero-order valence-corrected chi connectivity index (χ0v) is 9.66. The highest BCUT2D eigenvalue weighted by molar-refractivity contribution is 5.54. The van der Waals surface area contributed by atoms with Gasteiger partial charge in [0.1, 0.15) is 11.6 Å². The molecule has 18 heavy (non-hydrogen) atoms. The minimum atomic E-state index is -0.463. The van der Waals surface area contributed by atoms with Crippen LogP contribution in [0.5, 0.6) is 11.5 Å². The van der Waals surface area contributed by atoms with Gasteiger partial charge in [0, 0.05) is 17.8 Å². The first kappa shape index (κ1) is 11.8. The molecule has 0 atom stereocenters. The predicted octanol–water partition coefficient (Wildman–Crippen LogP) is 2.67. The summed E-state index contributed by atoms with van der Waals surface area (Å²) in [4.78, 5) is 14.3. The van der Waals surface area contributed by atoms with E-state index in [0.29, 0.717) is 17.1 Å². The minimum absolute atomic E-state index is 0.0483. The summed E-state index contributed by atoms with van der Waals surface area (Å²) in [7, 11) is 0. The van der Waals surface area contributed by atoms with Crippen LogP contribution in [0.15, 0.2) is 36.5 Å². The summed E-state index contributed by atoms with van der Waals surface area (Å²) < 4.78 is 5.47. The van der Waals surface area contributed by atoms with Crippen LogP contribution in [0.1, 0.15) is 5.56 Å². The van der Waals surface area contributed by atoms with E-state index >= 15 is 0 Å². The van der Waals surface area contributed by atoms with Crippen molar-refractivity contribution in [3.8, 4) is 11.5 Å². The molecule has 1 aromatic carbocycles. The highest BCUT2D eigenvalue weighted by atomic mass is 16.6. The van der Waals surface area contributed by atoms with Crippen LogP contribution in [0.3, 0.4) is 0 Å². The van der Waals surface area contributed by atoms with Gasteiger partial charge >= 0.3 is 5.69 Å². The van der Waals surface area contributed by atoms with Gasteiger partial charge in [0.25, 0.3) is 0 Å². The number of hydrogen-bond acceptors (Lipinski definition) is 5. The SMILES string of the molecule is Cc1cccc(Oc2ccnc(N)c2)c1[N+](=O)[O-]. The van der Waals surface area contributed by atoms with Crippen LogP contribution in [0, 0.1) is 17.0 Å². The Morgan fingerprint density at radius 3 is 2.83 bits per heavy atom. The van der Waals surface area contributed by atoms with E-state index < -0.39 is 4.92 Å². The van der Waals surface area contributed by atoms with Crippen LogP contribution in [-0.2, 0) is 0 Å². The lowest BCUT2D eigenvalue weighted by Crippen LogP contribution is -1.96. The lowest BCUT2D eigenvalue weighted by atomic mass is 10.2. The molecule has 6 heteroatoms. The highest BCUT2D eigenvalue weighted by Gasteiger charge is 2.18. The van der Waals surface area contributed by atoms with Crippen molar-refractivity contribution >= 4 is 11.5 Å². The molecule has 0 aliphatic heterocycles. The summed E-state index contributed by atoms with van der Waals surface area (Å²) in [5, 5.41) is 11.0. The Morgan fingerprint density at radius 2 is 2.17 bits per heavy atom. The van der Waals surface area contributed by atoms with Crippen molar-refractivity contribution in [2.45, 2.75) is 6.92 Å². The van der Waals surface area contributed by atoms with Crippen LogP contribution in [0.2, 0.25) is 0 Å². The van der Waals surface area contributed by atoms with E-state index in [1.807, 2.05) is 0 Å². The van der Waals surface area contributed by atoms with Crippen LogP contribution in [0.25, 0.3) is 0 Å². The van der Waals surface area contributed by atoms with Gasteiger partial charge in [-0.05, 0) is 19.1 Å². The molecule has 0 unspecified atom stereocenters. The standard InChI is InChI=1S/C12H11N3O3/c1-8-3-2-4-10(12(8)15(16)17)18-9-5-6-14-11(13)7-9/h2-7H,1H3,(H2,13,14). The summed E-state index contributed by atoms with van der Waals surface area (Å²) in [5.41, 5.74) is 6.01. The van der Waals surface area contributed by atoms with Crippen molar-refractivity contribution < 1.29 is 9.66 Å². The van der Waals surface area contributed by atoms with Crippen molar-refractivity contribution in [1.29, 1.82) is 0 Å². The summed E-state index contributed by atoms with van der Waals surface area (Å²) in [6.45, 7) is 1.66. The molecular formula is C12H11N3O3. The third-order valence-electron chi connectivity index (χ3n) is 2.36. The Kier molecular flexibility index (Phi) is 3.09. The number of para-hydroxylation sites is 1. The Bertz CT molecular complexity index is 599. The zero-order chi connectivity index (χ0) is 13.1. The Morgan fingerprint density at radius 1 is 1.39 bits per heavy atom. The summed E-state index contributed by atoms with van der Waals surface area (Å²) in [5.74, 6) is 0.893. The molecule has 0 aliphatic carbocycles. The Labute approximate surface area is 103 Å². The maximum absolute atomic E-state index is 11.0. The van der Waals surface area contributed by atoms with Gasteiger partial charge in [-0.1, -0.05) is 12.1 Å². The fourth-order valence-corrected chi connectivity index (χ4v) is 1.57. The molecule has 0 radical (unpaired) electrons. The van der Waals surface area contributed by atoms with E-state index in [2.05, 4.69) is 4.98 Å². The maximum Gasteiger partial charge on any atom is 0.314 e. The zero-order valence-electron chi connectivity index (χ0n) is 9.66. The first-order valence-electron chi connectivity index (χ1n) is 5.21. The lowest BCUT2D eigenvalue weighted by Gasteiger charge is -2.07. The van der Waals surface area contributed by atoms with Crippen molar-refractivity contribution in [2.24, 2.45) is 0 Å². The molecule has 0 aliphatic rings. The van der Waals surface area contributed by atoms with Gasteiger partial charge in [-0.2, -0.15) is 0 Å². The van der Waals surface area contributed by atoms with E-state index in [1.54, 1.807) is 31.2 Å². The van der Waals surface area contributed by atoms with Crippen molar-refractivity contribution in [2.75, 3.05) is 5.73 Å². The molecule has 0 spiro atoms. The van der Waals surface area contributed by atoms with Crippen molar-refractivity contribution in [3.05, 3.63) is 52.2 Å². The molecule has 0 bridgehead atoms. The molecule has 6 nitrogen and oxygen atoms in total. The number of nitro groups is 1. The molecule has 0 saturated heterocycles. The average molecular weight is 245 g/mol. The number of nitrogens with zero attached hydrogens (tertiary/aromatic N) is 2. The first-order chi connectivity index (χ1) is 8.58. The van der Waals surface area contributed by atoms with Crippen molar-refractivity contribution in [1.82, 2.24) is 4.98 Å². The van der Waals surface area contributed by atoms with Crippen molar-refractivity contribution in [3.63, 3.8) is 0 Å². The monoisotopic (exact) mass is 245 g/mol. The molecule has 2 rings (SSSR count). The fourth-order valence-electron chi connectivity index (χ4n) is 1.57. The van der Waals surface area contributed by atoms with Crippen LogP contribution >= 0.6 is 0 Å². The molecule has 0 saturated carbocycles. The second-order valence-corrected chi connectivity index (χ2v) is 3.70.